The summed E-state index contributed by atoms with van der Waals surface area (Å²) in [5, 5.41) is 7.88. The molecule has 204 valence electrons. The molecule has 9 heteroatoms. The van der Waals surface area contributed by atoms with E-state index in [1.54, 1.807) is 0 Å². The fourth-order valence-corrected chi connectivity index (χ4v) is 3.45. The van der Waals surface area contributed by atoms with Crippen LogP contribution in [-0.2, 0) is 19.2 Å². The van der Waals surface area contributed by atoms with E-state index in [-0.39, 0.29) is 30.7 Å². The molecule has 9 nitrogen and oxygen atoms in total. The van der Waals surface area contributed by atoms with Crippen molar-refractivity contribution in [1.29, 1.82) is 0 Å². The zero-order chi connectivity index (χ0) is 27.5. The summed E-state index contributed by atoms with van der Waals surface area (Å²) in [5.41, 5.74) is 11.9. The van der Waals surface area contributed by atoms with Crippen LogP contribution in [0.5, 0.6) is 0 Å². The normalized spacial score (nSPS) is 13.0. The highest BCUT2D eigenvalue weighted by Gasteiger charge is 2.23. The number of benzene rings is 1. The van der Waals surface area contributed by atoms with Crippen LogP contribution >= 0.6 is 0 Å². The fraction of sp³-hybridized carbons (Fsp3) is 0.630. The number of carbonyl (C=O) groups is 4. The maximum absolute atomic E-state index is 12.7. The summed E-state index contributed by atoms with van der Waals surface area (Å²) in [6, 6.07) is 8.10. The Balaban J connectivity index is 0.00000387. The van der Waals surface area contributed by atoms with E-state index in [2.05, 4.69) is 29.8 Å². The Morgan fingerprint density at radius 1 is 0.889 bits per heavy atom. The largest absolute Gasteiger partial charge is 0.368 e. The monoisotopic (exact) mass is 505 g/mol. The Morgan fingerprint density at radius 2 is 1.47 bits per heavy atom. The molecule has 0 aliphatic heterocycles. The van der Waals surface area contributed by atoms with E-state index in [1.165, 1.54) is 6.42 Å². The van der Waals surface area contributed by atoms with Crippen LogP contribution in [0.25, 0.3) is 0 Å². The van der Waals surface area contributed by atoms with Crippen LogP contribution in [0.2, 0.25) is 0 Å². The van der Waals surface area contributed by atoms with Crippen LogP contribution in [0.1, 0.15) is 84.6 Å². The third-order valence-corrected chi connectivity index (χ3v) is 5.27. The molecule has 0 aromatic heterocycles. The topological polar surface area (TPSA) is 156 Å². The second-order valence-corrected chi connectivity index (χ2v) is 9.50. The van der Waals surface area contributed by atoms with Gasteiger partial charge in [-0.2, -0.15) is 0 Å². The van der Waals surface area contributed by atoms with Gasteiger partial charge in [-0.15, -0.1) is 0 Å². The zero-order valence-corrected chi connectivity index (χ0v) is 22.6. The van der Waals surface area contributed by atoms with Crippen LogP contribution in [0.15, 0.2) is 30.3 Å². The quantitative estimate of drug-likeness (QED) is 0.231. The van der Waals surface area contributed by atoms with Crippen molar-refractivity contribution in [2.75, 3.05) is 13.1 Å². The number of carbonyl (C=O) groups excluding carboxylic acids is 4. The van der Waals surface area contributed by atoms with Gasteiger partial charge in [-0.1, -0.05) is 71.4 Å². The lowest BCUT2D eigenvalue weighted by Gasteiger charge is -2.21. The van der Waals surface area contributed by atoms with Gasteiger partial charge < -0.3 is 27.4 Å². The van der Waals surface area contributed by atoms with E-state index < -0.39 is 29.8 Å². The number of amides is 4. The van der Waals surface area contributed by atoms with Gasteiger partial charge in [0.25, 0.3) is 0 Å². The Bertz CT molecular complexity index is 786. The standard InChI is InChI=1S/C24H39N5O4.C3H8/c1-16(2)13-20(23(26)32)29-22(31)15-27-24(33)19(11-7-8-12-25)28-21(30)14-17(3)18-9-5-4-6-10-18;1-3-2/h4-6,9-10,16-17,19-20H,7-8,11-15,25H2,1-3H3,(H2,26,32)(H,27,33)(H,28,30)(H,29,31);3H2,1-2H3/t17-,19+,20+;/m1./s1. The lowest BCUT2D eigenvalue weighted by molar-refractivity contribution is -0.131. The molecule has 0 aliphatic rings. The lowest BCUT2D eigenvalue weighted by Crippen LogP contribution is -2.51. The number of hydrogen-bond acceptors (Lipinski definition) is 5. The summed E-state index contributed by atoms with van der Waals surface area (Å²) in [7, 11) is 0. The van der Waals surface area contributed by atoms with Gasteiger partial charge in [0.05, 0.1) is 6.54 Å². The highest BCUT2D eigenvalue weighted by Crippen LogP contribution is 2.18. The molecule has 0 aliphatic carbocycles. The number of nitrogens with one attached hydrogen (secondary N) is 3. The Kier molecular flexibility index (Phi) is 17.7. The summed E-state index contributed by atoms with van der Waals surface area (Å²) >= 11 is 0. The van der Waals surface area contributed by atoms with Gasteiger partial charge in [0.15, 0.2) is 0 Å². The van der Waals surface area contributed by atoms with E-state index in [9.17, 15) is 19.2 Å². The molecule has 1 aromatic carbocycles. The molecule has 0 heterocycles. The van der Waals surface area contributed by atoms with Gasteiger partial charge >= 0.3 is 0 Å². The molecule has 36 heavy (non-hydrogen) atoms. The number of hydrogen-bond donors (Lipinski definition) is 5. The first-order valence-corrected chi connectivity index (χ1v) is 13.0. The minimum Gasteiger partial charge on any atom is -0.368 e. The highest BCUT2D eigenvalue weighted by molar-refractivity contribution is 5.92. The van der Waals surface area contributed by atoms with Crippen molar-refractivity contribution < 1.29 is 19.2 Å². The smallest absolute Gasteiger partial charge is 0.243 e. The zero-order valence-electron chi connectivity index (χ0n) is 22.6. The summed E-state index contributed by atoms with van der Waals surface area (Å²) < 4.78 is 0. The molecule has 0 unspecified atom stereocenters. The second kappa shape index (κ2) is 19.3. The van der Waals surface area contributed by atoms with E-state index >= 15 is 0 Å². The van der Waals surface area contributed by atoms with Gasteiger partial charge in [-0.3, -0.25) is 19.2 Å². The van der Waals surface area contributed by atoms with Gasteiger partial charge in [0.1, 0.15) is 12.1 Å². The first-order valence-electron chi connectivity index (χ1n) is 13.0. The van der Waals surface area contributed by atoms with Crippen LogP contribution in [0.3, 0.4) is 0 Å². The molecule has 7 N–H and O–H groups in total. The maximum Gasteiger partial charge on any atom is 0.243 e. The average molecular weight is 506 g/mol. The minimum atomic E-state index is -0.797. The minimum absolute atomic E-state index is 0.00331. The van der Waals surface area contributed by atoms with Crippen molar-refractivity contribution in [2.24, 2.45) is 17.4 Å². The summed E-state index contributed by atoms with van der Waals surface area (Å²) in [4.78, 5) is 49.0. The average Bonchev–Trinajstić information content (AvgIpc) is 2.82. The third-order valence-electron chi connectivity index (χ3n) is 5.27. The highest BCUT2D eigenvalue weighted by atomic mass is 16.2. The van der Waals surface area contributed by atoms with Crippen molar-refractivity contribution in [3.63, 3.8) is 0 Å². The number of unbranched alkanes of at least 4 members (excludes halogenated alkanes) is 1. The molecule has 1 rings (SSSR count). The van der Waals surface area contributed by atoms with Crippen molar-refractivity contribution in [1.82, 2.24) is 16.0 Å². The lowest BCUT2D eigenvalue weighted by atomic mass is 9.97. The summed E-state index contributed by atoms with van der Waals surface area (Å²) in [6.07, 6.45) is 3.68. The molecule has 0 spiro atoms. The predicted molar refractivity (Wildman–Crippen MR) is 144 cm³/mol. The number of nitrogens with two attached hydrogens (primary N) is 2. The Hall–Kier alpha value is -2.94. The van der Waals surface area contributed by atoms with Gasteiger partial charge in [-0.05, 0) is 49.6 Å². The molecule has 0 saturated heterocycles. The summed E-state index contributed by atoms with van der Waals surface area (Å²) in [5.74, 6) is -1.67. The molecule has 1 aromatic rings. The molecule has 0 fully saturated rings. The van der Waals surface area contributed by atoms with Crippen molar-refractivity contribution in [3.05, 3.63) is 35.9 Å². The van der Waals surface area contributed by atoms with Gasteiger partial charge in [0, 0.05) is 6.42 Å². The molecule has 0 saturated carbocycles. The van der Waals surface area contributed by atoms with E-state index in [0.717, 1.165) is 12.0 Å². The Morgan fingerprint density at radius 3 is 2.00 bits per heavy atom. The van der Waals surface area contributed by atoms with Crippen molar-refractivity contribution in [2.45, 2.75) is 91.1 Å². The van der Waals surface area contributed by atoms with Crippen LogP contribution in [-0.4, -0.2) is 48.8 Å². The van der Waals surface area contributed by atoms with Crippen molar-refractivity contribution in [3.8, 4) is 0 Å². The third kappa shape index (κ3) is 15.1. The van der Waals surface area contributed by atoms with E-state index in [0.29, 0.717) is 25.8 Å². The SMILES string of the molecule is CC(C)C[C@H](NC(=O)CNC(=O)[C@H](CCCCN)NC(=O)C[C@@H](C)c1ccccc1)C(N)=O.CCC. The van der Waals surface area contributed by atoms with Crippen molar-refractivity contribution >= 4 is 23.6 Å². The first kappa shape index (κ1) is 33.1. The number of rotatable bonds is 15. The molecule has 0 bridgehead atoms. The second-order valence-electron chi connectivity index (χ2n) is 9.50. The van der Waals surface area contributed by atoms with Gasteiger partial charge in [-0.25, -0.2) is 0 Å². The number of primary amides is 1. The fourth-order valence-electron chi connectivity index (χ4n) is 3.45. The Labute approximate surface area is 216 Å². The van der Waals surface area contributed by atoms with Crippen LogP contribution in [0, 0.1) is 5.92 Å². The molecule has 0 radical (unpaired) electrons. The maximum atomic E-state index is 12.7. The molecular weight excluding hydrogens is 458 g/mol. The molecular formula is C27H47N5O4. The molecule has 4 amide bonds. The predicted octanol–water partition coefficient (Wildman–Crippen LogP) is 2.34. The van der Waals surface area contributed by atoms with Crippen LogP contribution < -0.4 is 27.4 Å². The van der Waals surface area contributed by atoms with E-state index in [4.69, 9.17) is 11.5 Å². The van der Waals surface area contributed by atoms with Crippen LogP contribution in [0.4, 0.5) is 0 Å². The van der Waals surface area contributed by atoms with E-state index in [1.807, 2.05) is 51.1 Å². The first-order chi connectivity index (χ1) is 17.0. The summed E-state index contributed by atoms with van der Waals surface area (Å²) in [6.45, 7) is 10.2. The van der Waals surface area contributed by atoms with Gasteiger partial charge in [0.2, 0.25) is 23.6 Å². The molecule has 3 atom stereocenters.